The van der Waals surface area contributed by atoms with E-state index in [1.165, 1.54) is 17.8 Å². The van der Waals surface area contributed by atoms with E-state index >= 15 is 0 Å². The summed E-state index contributed by atoms with van der Waals surface area (Å²) in [5.41, 5.74) is 1.06. The highest BCUT2D eigenvalue weighted by Gasteiger charge is 2.32. The monoisotopic (exact) mass is 384 g/mol. The maximum absolute atomic E-state index is 13.9. The van der Waals surface area contributed by atoms with Crippen molar-refractivity contribution < 1.29 is 13.9 Å². The molecule has 140 valence electrons. The number of aliphatic imine (C=N–C) groups is 1. The molecule has 6 heteroatoms. The van der Waals surface area contributed by atoms with Crippen molar-refractivity contribution in [2.45, 2.75) is 20.3 Å². The van der Waals surface area contributed by atoms with Crippen molar-refractivity contribution in [1.82, 2.24) is 4.90 Å². The highest BCUT2D eigenvalue weighted by molar-refractivity contribution is 8.18. The summed E-state index contributed by atoms with van der Waals surface area (Å²) >= 11 is 1.25. The van der Waals surface area contributed by atoms with E-state index in [0.29, 0.717) is 23.2 Å². The molecule has 4 nitrogen and oxygen atoms in total. The molecule has 0 saturated carbocycles. The van der Waals surface area contributed by atoms with Crippen molar-refractivity contribution in [3.05, 3.63) is 64.8 Å². The van der Waals surface area contributed by atoms with Crippen LogP contribution in [-0.4, -0.2) is 29.1 Å². The molecule has 0 bridgehead atoms. The van der Waals surface area contributed by atoms with Gasteiger partial charge in [0.2, 0.25) is 0 Å². The molecule has 1 fully saturated rings. The fraction of sp³-hybridized carbons (Fsp3) is 0.238. The molecule has 0 spiro atoms. The van der Waals surface area contributed by atoms with Crippen molar-refractivity contribution in [2.75, 3.05) is 13.2 Å². The number of amidine groups is 1. The molecule has 0 N–H and O–H groups in total. The van der Waals surface area contributed by atoms with E-state index in [4.69, 9.17) is 4.74 Å². The van der Waals surface area contributed by atoms with E-state index in [-0.39, 0.29) is 11.6 Å². The third kappa shape index (κ3) is 4.39. The highest BCUT2D eigenvalue weighted by atomic mass is 32.2. The van der Waals surface area contributed by atoms with E-state index < -0.39 is 5.82 Å². The first kappa shape index (κ1) is 19.2. The van der Waals surface area contributed by atoms with Crippen LogP contribution in [-0.2, 0) is 4.79 Å². The summed E-state index contributed by atoms with van der Waals surface area (Å²) in [6, 6.07) is 13.9. The Kier molecular flexibility index (Phi) is 6.29. The molecule has 1 aliphatic heterocycles. The quantitative estimate of drug-likeness (QED) is 0.640. The van der Waals surface area contributed by atoms with Gasteiger partial charge in [-0.05, 0) is 49.4 Å². The van der Waals surface area contributed by atoms with E-state index in [1.54, 1.807) is 23.1 Å². The third-order valence-electron chi connectivity index (χ3n) is 3.94. The average molecular weight is 384 g/mol. The van der Waals surface area contributed by atoms with Gasteiger partial charge in [-0.1, -0.05) is 37.3 Å². The van der Waals surface area contributed by atoms with Crippen LogP contribution in [0.25, 0.3) is 6.08 Å². The zero-order valence-electron chi connectivity index (χ0n) is 15.3. The van der Waals surface area contributed by atoms with Crippen LogP contribution in [0, 0.1) is 5.82 Å². The number of carbonyl (C=O) groups excluding carboxylic acids is 1. The Morgan fingerprint density at radius 1 is 1.15 bits per heavy atom. The number of halogens is 1. The minimum atomic E-state index is -0.412. The normalized spacial score (nSPS) is 17.1. The van der Waals surface area contributed by atoms with E-state index in [0.717, 1.165) is 17.7 Å². The summed E-state index contributed by atoms with van der Waals surface area (Å²) in [5.74, 6) is 0.190. The van der Waals surface area contributed by atoms with Crippen molar-refractivity contribution in [3.63, 3.8) is 0 Å². The fourth-order valence-corrected chi connectivity index (χ4v) is 3.65. The Morgan fingerprint density at radius 3 is 2.63 bits per heavy atom. The molecule has 2 aromatic rings. The largest absolute Gasteiger partial charge is 0.493 e. The van der Waals surface area contributed by atoms with Crippen LogP contribution in [0.3, 0.4) is 0 Å². The molecular formula is C21H21FN2O2S. The number of hydrogen-bond donors (Lipinski definition) is 0. The minimum absolute atomic E-state index is 0.136. The van der Waals surface area contributed by atoms with Gasteiger partial charge >= 0.3 is 0 Å². The molecule has 0 radical (unpaired) electrons. The summed E-state index contributed by atoms with van der Waals surface area (Å²) < 4.78 is 19.7. The second-order valence-electron chi connectivity index (χ2n) is 5.89. The number of likely N-dealkylation sites (N-methyl/N-ethyl adjacent to an activating group) is 1. The maximum atomic E-state index is 13.9. The molecule has 2 aromatic carbocycles. The number of ether oxygens (including phenoxy) is 1. The molecule has 1 aliphatic rings. The molecule has 1 saturated heterocycles. The Balaban J connectivity index is 1.93. The SMILES string of the molecule is CCCOc1ccccc1/C=C1/SC(=Nc2ccccc2F)N(CC)C1=O. The molecule has 0 aliphatic carbocycles. The first-order chi connectivity index (χ1) is 13.1. The minimum Gasteiger partial charge on any atom is -0.493 e. The lowest BCUT2D eigenvalue weighted by Crippen LogP contribution is -2.28. The molecule has 27 heavy (non-hydrogen) atoms. The molecule has 1 heterocycles. The van der Waals surface area contributed by atoms with Crippen LogP contribution >= 0.6 is 11.8 Å². The number of hydrogen-bond acceptors (Lipinski definition) is 4. The Morgan fingerprint density at radius 2 is 1.89 bits per heavy atom. The van der Waals surface area contributed by atoms with Crippen LogP contribution in [0.5, 0.6) is 5.75 Å². The zero-order valence-corrected chi connectivity index (χ0v) is 16.1. The lowest BCUT2D eigenvalue weighted by Gasteiger charge is -2.12. The van der Waals surface area contributed by atoms with E-state index in [9.17, 15) is 9.18 Å². The van der Waals surface area contributed by atoms with Crippen LogP contribution < -0.4 is 4.74 Å². The third-order valence-corrected chi connectivity index (χ3v) is 4.95. The predicted octanol–water partition coefficient (Wildman–Crippen LogP) is 5.24. The zero-order chi connectivity index (χ0) is 19.2. The van der Waals surface area contributed by atoms with Gasteiger partial charge in [-0.3, -0.25) is 9.69 Å². The maximum Gasteiger partial charge on any atom is 0.266 e. The van der Waals surface area contributed by atoms with Gasteiger partial charge < -0.3 is 4.74 Å². The molecule has 1 amide bonds. The first-order valence-corrected chi connectivity index (χ1v) is 9.72. The van der Waals surface area contributed by atoms with Gasteiger partial charge in [0, 0.05) is 12.1 Å². The van der Waals surface area contributed by atoms with Gasteiger partial charge in [-0.15, -0.1) is 0 Å². The summed E-state index contributed by atoms with van der Waals surface area (Å²) in [6.45, 7) is 4.99. The van der Waals surface area contributed by atoms with Crippen molar-refractivity contribution in [2.24, 2.45) is 4.99 Å². The van der Waals surface area contributed by atoms with Crippen molar-refractivity contribution >= 4 is 34.6 Å². The molecular weight excluding hydrogens is 363 g/mol. The van der Waals surface area contributed by atoms with Gasteiger partial charge in [0.05, 0.1) is 11.5 Å². The fourth-order valence-electron chi connectivity index (χ4n) is 2.60. The molecule has 0 atom stereocenters. The van der Waals surface area contributed by atoms with Crippen LogP contribution in [0.15, 0.2) is 58.4 Å². The number of nitrogens with zero attached hydrogens (tertiary/aromatic N) is 2. The van der Waals surface area contributed by atoms with Gasteiger partial charge in [0.25, 0.3) is 5.91 Å². The van der Waals surface area contributed by atoms with Crippen LogP contribution in [0.4, 0.5) is 10.1 Å². The molecule has 0 unspecified atom stereocenters. The second kappa shape index (κ2) is 8.86. The number of amides is 1. The number of rotatable bonds is 6. The van der Waals surface area contributed by atoms with Crippen LogP contribution in [0.1, 0.15) is 25.8 Å². The van der Waals surface area contributed by atoms with Gasteiger partial charge in [-0.25, -0.2) is 9.38 Å². The Labute approximate surface area is 162 Å². The topological polar surface area (TPSA) is 41.9 Å². The standard InChI is InChI=1S/C21H21FN2O2S/c1-3-13-26-18-12-8-5-9-15(18)14-19-20(25)24(4-2)21(27-19)23-17-11-7-6-10-16(17)22/h5-12,14H,3-4,13H2,1-2H3/b19-14+,23-21?. The first-order valence-electron chi connectivity index (χ1n) is 8.90. The van der Waals surface area contributed by atoms with Crippen molar-refractivity contribution in [1.29, 1.82) is 0 Å². The molecule has 0 aromatic heterocycles. The van der Waals surface area contributed by atoms with Crippen LogP contribution in [0.2, 0.25) is 0 Å². The predicted molar refractivity (Wildman–Crippen MR) is 109 cm³/mol. The molecule has 3 rings (SSSR count). The smallest absolute Gasteiger partial charge is 0.266 e. The number of thioether (sulfide) groups is 1. The van der Waals surface area contributed by atoms with E-state index in [2.05, 4.69) is 4.99 Å². The summed E-state index contributed by atoms with van der Waals surface area (Å²) in [4.78, 5) is 19.2. The van der Waals surface area contributed by atoms with Crippen molar-refractivity contribution in [3.8, 4) is 5.75 Å². The van der Waals surface area contributed by atoms with E-state index in [1.807, 2.05) is 44.2 Å². The van der Waals surface area contributed by atoms with Gasteiger partial charge in [0.1, 0.15) is 17.3 Å². The Bertz CT molecular complexity index is 895. The van der Waals surface area contributed by atoms with Gasteiger partial charge in [0.15, 0.2) is 5.17 Å². The number of benzene rings is 2. The highest BCUT2D eigenvalue weighted by Crippen LogP contribution is 2.35. The number of carbonyl (C=O) groups is 1. The Hall–Kier alpha value is -2.60. The van der Waals surface area contributed by atoms with Gasteiger partial charge in [-0.2, -0.15) is 0 Å². The number of para-hydroxylation sites is 2. The average Bonchev–Trinajstić information content (AvgIpc) is 2.97. The lowest BCUT2D eigenvalue weighted by molar-refractivity contribution is -0.122. The summed E-state index contributed by atoms with van der Waals surface area (Å²) in [7, 11) is 0. The second-order valence-corrected chi connectivity index (χ2v) is 6.90. The summed E-state index contributed by atoms with van der Waals surface area (Å²) in [6.07, 6.45) is 2.71. The lowest BCUT2D eigenvalue weighted by atomic mass is 10.2. The summed E-state index contributed by atoms with van der Waals surface area (Å²) in [5, 5.41) is 0.478.